The Kier molecular flexibility index (Phi) is 5.90. The molecule has 1 rings (SSSR count). The third kappa shape index (κ3) is 4.51. The molecule has 0 aliphatic heterocycles. The second-order valence-electron chi connectivity index (χ2n) is 3.63. The van der Waals surface area contributed by atoms with Gasteiger partial charge in [-0.05, 0) is 28.1 Å². The molecule has 19 heavy (non-hydrogen) atoms. The summed E-state index contributed by atoms with van der Waals surface area (Å²) in [4.78, 5) is -0.206. The number of nitrogens with two attached hydrogens (primary N) is 1. The molecule has 0 heterocycles. The number of hydrogen-bond donors (Lipinski definition) is 2. The van der Waals surface area contributed by atoms with Crippen molar-refractivity contribution < 1.29 is 17.0 Å². The normalized spacial score (nSPS) is 13.4. The number of anilines is 1. The molecule has 9 heteroatoms. The molecule has 5 nitrogen and oxygen atoms in total. The first kappa shape index (κ1) is 16.5. The highest BCUT2D eigenvalue weighted by Gasteiger charge is 2.19. The zero-order valence-electron chi connectivity index (χ0n) is 10.2. The molecule has 1 atom stereocenters. The smallest absolute Gasteiger partial charge is 0.242 e. The highest BCUT2D eigenvalue weighted by molar-refractivity contribution is 9.10. The lowest BCUT2D eigenvalue weighted by Crippen LogP contribution is -2.28. The van der Waals surface area contributed by atoms with Crippen molar-refractivity contribution >= 4 is 42.4 Å². The molecule has 1 aromatic rings. The number of hydrogen-bond acceptors (Lipinski definition) is 4. The van der Waals surface area contributed by atoms with E-state index in [1.54, 1.807) is 6.92 Å². The monoisotopic (exact) mass is 372 g/mol. The van der Waals surface area contributed by atoms with Gasteiger partial charge in [0.2, 0.25) is 10.0 Å². The molecule has 0 aliphatic rings. The van der Waals surface area contributed by atoms with Crippen LogP contribution in [0.3, 0.4) is 0 Å². The molecular weight excluding hydrogens is 359 g/mol. The average molecular weight is 373 g/mol. The summed E-state index contributed by atoms with van der Waals surface area (Å²) in [5, 5.41) is 0. The number of benzene rings is 1. The summed E-state index contributed by atoms with van der Waals surface area (Å²) in [6, 6.07) is 2.03. The summed E-state index contributed by atoms with van der Waals surface area (Å²) in [5.74, 6) is 0.0489. The van der Waals surface area contributed by atoms with E-state index in [0.717, 1.165) is 12.1 Å². The van der Waals surface area contributed by atoms with Gasteiger partial charge in [0, 0.05) is 28.9 Å². The largest absolute Gasteiger partial charge is 0.398 e. The van der Waals surface area contributed by atoms with E-state index in [9.17, 15) is 17.0 Å². The van der Waals surface area contributed by atoms with Gasteiger partial charge in [0.05, 0.1) is 10.2 Å². The molecule has 1 unspecified atom stereocenters. The minimum absolute atomic E-state index is 0.0132. The van der Waals surface area contributed by atoms with Gasteiger partial charge in [0.1, 0.15) is 10.7 Å². The summed E-state index contributed by atoms with van der Waals surface area (Å²) >= 11 is 2.90. The molecule has 0 spiro atoms. The van der Waals surface area contributed by atoms with Crippen LogP contribution in [0.25, 0.3) is 0 Å². The SMILES string of the molecule is CCS(=O)CCNS(=O)(=O)c1cc(Br)c(F)cc1N. The summed E-state index contributed by atoms with van der Waals surface area (Å²) in [7, 11) is -4.90. The maximum atomic E-state index is 13.2. The second-order valence-corrected chi connectivity index (χ2v) is 8.09. The molecular formula is C10H14BrFN2O3S2. The van der Waals surface area contributed by atoms with E-state index in [1.807, 2.05) is 0 Å². The molecule has 0 fully saturated rings. The lowest BCUT2D eigenvalue weighted by molar-refractivity contribution is 0.583. The van der Waals surface area contributed by atoms with Crippen molar-refractivity contribution in [1.82, 2.24) is 4.72 Å². The van der Waals surface area contributed by atoms with E-state index in [2.05, 4.69) is 20.7 Å². The number of nitrogen functional groups attached to an aromatic ring is 1. The second kappa shape index (κ2) is 6.78. The van der Waals surface area contributed by atoms with Crippen molar-refractivity contribution in [3.05, 3.63) is 22.4 Å². The minimum Gasteiger partial charge on any atom is -0.398 e. The van der Waals surface area contributed by atoms with E-state index < -0.39 is 26.6 Å². The zero-order valence-corrected chi connectivity index (χ0v) is 13.4. The van der Waals surface area contributed by atoms with Gasteiger partial charge in [-0.2, -0.15) is 0 Å². The molecule has 3 N–H and O–H groups in total. The number of halogens is 2. The molecule has 0 saturated heterocycles. The van der Waals surface area contributed by atoms with Crippen molar-refractivity contribution in [1.29, 1.82) is 0 Å². The molecule has 1 aromatic carbocycles. The molecule has 0 aliphatic carbocycles. The highest BCUT2D eigenvalue weighted by Crippen LogP contribution is 2.25. The van der Waals surface area contributed by atoms with Crippen molar-refractivity contribution in [2.24, 2.45) is 0 Å². The molecule has 0 amide bonds. The van der Waals surface area contributed by atoms with Crippen LogP contribution in [0.15, 0.2) is 21.5 Å². The summed E-state index contributed by atoms with van der Waals surface area (Å²) < 4.78 is 50.6. The summed E-state index contributed by atoms with van der Waals surface area (Å²) in [6.07, 6.45) is 0. The van der Waals surface area contributed by atoms with Crippen molar-refractivity contribution in [3.63, 3.8) is 0 Å². The molecule has 0 saturated carbocycles. The standard InChI is InChI=1S/C10H14BrFN2O3S2/c1-2-18(15)4-3-14-19(16,17)10-5-7(11)8(12)6-9(10)13/h5-6,14H,2-4,13H2,1H3. The number of nitrogens with one attached hydrogen (secondary N) is 1. The molecule has 0 radical (unpaired) electrons. The van der Waals surface area contributed by atoms with Gasteiger partial charge < -0.3 is 5.73 Å². The Morgan fingerprint density at radius 3 is 2.68 bits per heavy atom. The Hall–Kier alpha value is -0.510. The van der Waals surface area contributed by atoms with E-state index in [4.69, 9.17) is 5.73 Å². The number of sulfonamides is 1. The summed E-state index contributed by atoms with van der Waals surface area (Å²) in [6.45, 7) is 1.79. The third-order valence-electron chi connectivity index (χ3n) is 2.29. The number of rotatable bonds is 6. The van der Waals surface area contributed by atoms with Gasteiger partial charge in [-0.3, -0.25) is 4.21 Å². The van der Waals surface area contributed by atoms with Crippen molar-refractivity contribution in [3.8, 4) is 0 Å². The van der Waals surface area contributed by atoms with Crippen LogP contribution >= 0.6 is 15.9 Å². The molecule has 0 aromatic heterocycles. The Balaban J connectivity index is 2.89. The van der Waals surface area contributed by atoms with Gasteiger partial charge >= 0.3 is 0 Å². The van der Waals surface area contributed by atoms with E-state index in [1.165, 1.54) is 0 Å². The first-order valence-corrected chi connectivity index (χ1v) is 9.13. The van der Waals surface area contributed by atoms with Gasteiger partial charge in [-0.15, -0.1) is 0 Å². The van der Waals surface area contributed by atoms with Gasteiger partial charge in [-0.25, -0.2) is 17.5 Å². The van der Waals surface area contributed by atoms with E-state index in [-0.39, 0.29) is 27.4 Å². The minimum atomic E-state index is -3.84. The fourth-order valence-electron chi connectivity index (χ4n) is 1.29. The average Bonchev–Trinajstić information content (AvgIpc) is 2.33. The maximum Gasteiger partial charge on any atom is 0.242 e. The zero-order chi connectivity index (χ0) is 14.6. The van der Waals surface area contributed by atoms with Crippen LogP contribution in [-0.4, -0.2) is 30.7 Å². The Morgan fingerprint density at radius 2 is 2.11 bits per heavy atom. The fraction of sp³-hybridized carbons (Fsp3) is 0.400. The van der Waals surface area contributed by atoms with Crippen molar-refractivity contribution in [2.45, 2.75) is 11.8 Å². The van der Waals surface area contributed by atoms with Crippen LogP contribution in [0.5, 0.6) is 0 Å². The predicted molar refractivity (Wildman–Crippen MR) is 77.3 cm³/mol. The third-order valence-corrected chi connectivity index (χ3v) is 5.71. The molecule has 0 bridgehead atoms. The van der Waals surface area contributed by atoms with Crippen LogP contribution in [0, 0.1) is 5.82 Å². The van der Waals surface area contributed by atoms with Crippen LogP contribution in [0.1, 0.15) is 6.92 Å². The quantitative estimate of drug-likeness (QED) is 0.734. The van der Waals surface area contributed by atoms with Crippen molar-refractivity contribution in [2.75, 3.05) is 23.8 Å². The van der Waals surface area contributed by atoms with E-state index >= 15 is 0 Å². The van der Waals surface area contributed by atoms with Gasteiger partial charge in [0.15, 0.2) is 0 Å². The maximum absolute atomic E-state index is 13.2. The van der Waals surface area contributed by atoms with Gasteiger partial charge in [0.25, 0.3) is 0 Å². The fourth-order valence-corrected chi connectivity index (χ4v) is 3.70. The summed E-state index contributed by atoms with van der Waals surface area (Å²) in [5.41, 5.74) is 5.32. The van der Waals surface area contributed by atoms with Crippen LogP contribution in [-0.2, 0) is 20.8 Å². The lowest BCUT2D eigenvalue weighted by atomic mass is 10.3. The Morgan fingerprint density at radius 1 is 1.47 bits per heavy atom. The highest BCUT2D eigenvalue weighted by atomic mass is 79.9. The first-order chi connectivity index (χ1) is 8.77. The van der Waals surface area contributed by atoms with Crippen LogP contribution in [0.4, 0.5) is 10.1 Å². The van der Waals surface area contributed by atoms with Gasteiger partial charge in [-0.1, -0.05) is 6.92 Å². The van der Waals surface area contributed by atoms with Crippen LogP contribution < -0.4 is 10.5 Å². The predicted octanol–water partition coefficient (Wildman–Crippen LogP) is 1.22. The topological polar surface area (TPSA) is 89.3 Å². The first-order valence-electron chi connectivity index (χ1n) is 5.37. The lowest BCUT2D eigenvalue weighted by Gasteiger charge is -2.09. The van der Waals surface area contributed by atoms with Crippen LogP contribution in [0.2, 0.25) is 0 Å². The Bertz CT molecular complexity index is 593. The molecule has 108 valence electrons. The van der Waals surface area contributed by atoms with E-state index in [0.29, 0.717) is 5.75 Å². The Labute approximate surface area is 122 Å².